The van der Waals surface area contributed by atoms with E-state index in [4.69, 9.17) is 18.9 Å². The average Bonchev–Trinajstić information content (AvgIpc) is 2.72. The van der Waals surface area contributed by atoms with Crippen molar-refractivity contribution in [2.24, 2.45) is 0 Å². The van der Waals surface area contributed by atoms with Crippen LogP contribution in [0.1, 0.15) is 20.7 Å². The summed E-state index contributed by atoms with van der Waals surface area (Å²) in [6.45, 7) is 4.57. The topological polar surface area (TPSA) is 95.1 Å². The molecule has 0 spiro atoms. The highest BCUT2D eigenvalue weighted by atomic mass is 16.6. The summed E-state index contributed by atoms with van der Waals surface area (Å²) >= 11 is 0. The van der Waals surface area contributed by atoms with Gasteiger partial charge in [0.2, 0.25) is 0 Å². The minimum Gasteiger partial charge on any atom is -0.459 e. The third-order valence-corrected chi connectivity index (χ3v) is 4.17. The Hall–Kier alpha value is -2.00. The van der Waals surface area contributed by atoms with Gasteiger partial charge in [0.05, 0.1) is 24.3 Å². The van der Waals surface area contributed by atoms with Gasteiger partial charge in [-0.25, -0.2) is 9.59 Å². The number of ether oxygens (including phenoxy) is 4. The smallest absolute Gasteiger partial charge is 0.338 e. The van der Waals surface area contributed by atoms with E-state index in [0.717, 1.165) is 13.1 Å². The number of benzene rings is 1. The summed E-state index contributed by atoms with van der Waals surface area (Å²) < 4.78 is 21.5. The van der Waals surface area contributed by atoms with Crippen LogP contribution in [0.25, 0.3) is 0 Å². The summed E-state index contributed by atoms with van der Waals surface area (Å²) in [4.78, 5) is 24.1. The molecule has 0 aromatic heterocycles. The maximum absolute atomic E-state index is 12.1. The zero-order valence-corrected chi connectivity index (χ0v) is 14.6. The lowest BCUT2D eigenvalue weighted by Gasteiger charge is -2.23. The first-order valence-corrected chi connectivity index (χ1v) is 8.81. The number of morpholine rings is 2. The van der Waals surface area contributed by atoms with Gasteiger partial charge in [-0.05, 0) is 24.3 Å². The normalized spacial score (nSPS) is 23.2. The Morgan fingerprint density at radius 3 is 1.62 bits per heavy atom. The van der Waals surface area contributed by atoms with Gasteiger partial charge in [-0.3, -0.25) is 0 Å². The molecule has 0 radical (unpaired) electrons. The number of hydrogen-bond acceptors (Lipinski definition) is 8. The first-order valence-electron chi connectivity index (χ1n) is 8.81. The Balaban J connectivity index is 1.44. The van der Waals surface area contributed by atoms with Crippen LogP contribution in [0.5, 0.6) is 0 Å². The standard InChI is InChI=1S/C18H24N2O6/c21-17(25-11-15-9-19-5-7-23-15)13-1-2-14(4-3-13)18(22)26-12-16-10-20-6-8-24-16/h1-4,15-16,19-20H,5-12H2/t15-,16-/m1/s1. The maximum Gasteiger partial charge on any atom is 0.338 e. The van der Waals surface area contributed by atoms with Gasteiger partial charge in [0.15, 0.2) is 0 Å². The molecule has 0 saturated carbocycles. The Morgan fingerprint density at radius 2 is 1.27 bits per heavy atom. The van der Waals surface area contributed by atoms with Gasteiger partial charge < -0.3 is 29.6 Å². The highest BCUT2D eigenvalue weighted by Crippen LogP contribution is 2.09. The predicted octanol–water partition coefficient (Wildman–Crippen LogP) is -0.0230. The SMILES string of the molecule is O=C(OC[C@H]1CNCCO1)c1ccc(C(=O)OC[C@H]2CNCCO2)cc1. The molecule has 3 rings (SSSR count). The molecule has 2 aliphatic rings. The van der Waals surface area contributed by atoms with Crippen molar-refractivity contribution in [3.8, 4) is 0 Å². The van der Waals surface area contributed by atoms with Crippen LogP contribution in [0.4, 0.5) is 0 Å². The lowest BCUT2D eigenvalue weighted by Crippen LogP contribution is -2.41. The van der Waals surface area contributed by atoms with Gasteiger partial charge >= 0.3 is 11.9 Å². The summed E-state index contributed by atoms with van der Waals surface area (Å²) in [6, 6.07) is 6.21. The van der Waals surface area contributed by atoms with E-state index in [9.17, 15) is 9.59 Å². The molecule has 1 aromatic carbocycles. The van der Waals surface area contributed by atoms with Gasteiger partial charge in [-0.2, -0.15) is 0 Å². The van der Waals surface area contributed by atoms with Crippen LogP contribution in [-0.4, -0.2) is 76.8 Å². The van der Waals surface area contributed by atoms with Gasteiger partial charge in [0.25, 0.3) is 0 Å². The van der Waals surface area contributed by atoms with Crippen LogP contribution in [-0.2, 0) is 18.9 Å². The molecule has 0 bridgehead atoms. The van der Waals surface area contributed by atoms with Crippen molar-refractivity contribution in [3.63, 3.8) is 0 Å². The van der Waals surface area contributed by atoms with Crippen LogP contribution in [0, 0.1) is 0 Å². The van der Waals surface area contributed by atoms with E-state index >= 15 is 0 Å². The Bertz CT molecular complexity index is 541. The molecule has 8 heteroatoms. The predicted molar refractivity (Wildman–Crippen MR) is 92.2 cm³/mol. The molecular formula is C18H24N2O6. The lowest BCUT2D eigenvalue weighted by molar-refractivity contribution is -0.0217. The molecule has 2 heterocycles. The van der Waals surface area contributed by atoms with Crippen molar-refractivity contribution in [2.45, 2.75) is 12.2 Å². The Labute approximate surface area is 152 Å². The number of carbonyl (C=O) groups is 2. The van der Waals surface area contributed by atoms with Crippen LogP contribution in [0.3, 0.4) is 0 Å². The van der Waals surface area contributed by atoms with E-state index in [1.807, 2.05) is 0 Å². The van der Waals surface area contributed by atoms with Gasteiger partial charge in [-0.15, -0.1) is 0 Å². The molecule has 2 aliphatic heterocycles. The van der Waals surface area contributed by atoms with Gasteiger partial charge in [0, 0.05) is 26.2 Å². The highest BCUT2D eigenvalue weighted by molar-refractivity contribution is 5.93. The van der Waals surface area contributed by atoms with Crippen LogP contribution in [0.15, 0.2) is 24.3 Å². The summed E-state index contributed by atoms with van der Waals surface area (Å²) in [5.41, 5.74) is 0.760. The molecular weight excluding hydrogens is 340 g/mol. The van der Waals surface area contributed by atoms with E-state index in [1.165, 1.54) is 0 Å². The van der Waals surface area contributed by atoms with Crippen molar-refractivity contribution in [3.05, 3.63) is 35.4 Å². The molecule has 142 valence electrons. The molecule has 0 unspecified atom stereocenters. The minimum atomic E-state index is -0.444. The van der Waals surface area contributed by atoms with Crippen molar-refractivity contribution >= 4 is 11.9 Å². The molecule has 0 amide bonds. The van der Waals surface area contributed by atoms with Crippen molar-refractivity contribution in [1.29, 1.82) is 0 Å². The van der Waals surface area contributed by atoms with Crippen LogP contribution < -0.4 is 10.6 Å². The van der Waals surface area contributed by atoms with Crippen molar-refractivity contribution in [2.75, 3.05) is 52.6 Å². The molecule has 2 saturated heterocycles. The second-order valence-electron chi connectivity index (χ2n) is 6.17. The number of carbonyl (C=O) groups excluding carboxylic acids is 2. The fourth-order valence-corrected chi connectivity index (χ4v) is 2.70. The molecule has 2 atom stereocenters. The van der Waals surface area contributed by atoms with E-state index in [0.29, 0.717) is 37.4 Å². The average molecular weight is 364 g/mol. The Morgan fingerprint density at radius 1 is 0.846 bits per heavy atom. The van der Waals surface area contributed by atoms with Crippen molar-refractivity contribution < 1.29 is 28.5 Å². The first-order chi connectivity index (χ1) is 12.7. The summed E-state index contributed by atoms with van der Waals surface area (Å²) in [7, 11) is 0. The van der Waals surface area contributed by atoms with E-state index in [-0.39, 0.29) is 25.4 Å². The first kappa shape index (κ1) is 18.8. The highest BCUT2D eigenvalue weighted by Gasteiger charge is 2.18. The third kappa shape index (κ3) is 5.50. The fraction of sp³-hybridized carbons (Fsp3) is 0.556. The zero-order valence-electron chi connectivity index (χ0n) is 14.6. The number of nitrogens with one attached hydrogen (secondary N) is 2. The lowest BCUT2D eigenvalue weighted by atomic mass is 10.1. The number of rotatable bonds is 6. The van der Waals surface area contributed by atoms with Gasteiger partial charge in [0.1, 0.15) is 25.4 Å². The quantitative estimate of drug-likeness (QED) is 0.680. The molecule has 2 N–H and O–H groups in total. The molecule has 1 aromatic rings. The second kappa shape index (κ2) is 9.63. The molecule has 0 aliphatic carbocycles. The van der Waals surface area contributed by atoms with Crippen LogP contribution >= 0.6 is 0 Å². The molecule has 8 nitrogen and oxygen atoms in total. The van der Waals surface area contributed by atoms with E-state index in [1.54, 1.807) is 24.3 Å². The fourth-order valence-electron chi connectivity index (χ4n) is 2.70. The number of esters is 2. The summed E-state index contributed by atoms with van der Waals surface area (Å²) in [5.74, 6) is -0.887. The maximum atomic E-state index is 12.1. The van der Waals surface area contributed by atoms with Crippen LogP contribution in [0.2, 0.25) is 0 Å². The van der Waals surface area contributed by atoms with E-state index in [2.05, 4.69) is 10.6 Å². The number of hydrogen-bond donors (Lipinski definition) is 2. The summed E-state index contributed by atoms with van der Waals surface area (Å²) in [6.07, 6.45) is -0.253. The zero-order chi connectivity index (χ0) is 18.2. The monoisotopic (exact) mass is 364 g/mol. The molecule has 26 heavy (non-hydrogen) atoms. The van der Waals surface area contributed by atoms with E-state index < -0.39 is 11.9 Å². The Kier molecular flexibility index (Phi) is 6.96. The molecule has 2 fully saturated rings. The largest absolute Gasteiger partial charge is 0.459 e. The van der Waals surface area contributed by atoms with Crippen molar-refractivity contribution in [1.82, 2.24) is 10.6 Å². The second-order valence-corrected chi connectivity index (χ2v) is 6.17. The minimum absolute atomic E-state index is 0.126. The summed E-state index contributed by atoms with van der Waals surface area (Å²) in [5, 5.41) is 6.35. The third-order valence-electron chi connectivity index (χ3n) is 4.17. The van der Waals surface area contributed by atoms with Gasteiger partial charge in [-0.1, -0.05) is 0 Å².